The fourth-order valence-electron chi connectivity index (χ4n) is 1.92. The molecule has 0 bridgehead atoms. The second-order valence-electron chi connectivity index (χ2n) is 3.70. The topological polar surface area (TPSA) is 58.0 Å². The summed E-state index contributed by atoms with van der Waals surface area (Å²) in [6.07, 6.45) is 0. The number of hydrogen-bond acceptors (Lipinski definition) is 3. The highest BCUT2D eigenvalue weighted by atomic mass is 32.2. The van der Waals surface area contributed by atoms with Crippen LogP contribution in [0.4, 0.5) is 0 Å². The van der Waals surface area contributed by atoms with E-state index in [2.05, 4.69) is 0 Å². The van der Waals surface area contributed by atoms with Gasteiger partial charge in [-0.1, -0.05) is 24.3 Å². The van der Waals surface area contributed by atoms with Crippen molar-refractivity contribution >= 4 is 20.5 Å². The zero-order valence-electron chi connectivity index (χ0n) is 8.75. The van der Waals surface area contributed by atoms with E-state index in [-0.39, 0.29) is 9.79 Å². The number of nitrogens with one attached hydrogen (secondary N) is 1. The molecule has 0 amide bonds. The lowest BCUT2D eigenvalue weighted by Gasteiger charge is -2.20. The van der Waals surface area contributed by atoms with Crippen LogP contribution in [0.15, 0.2) is 68.1 Å². The molecule has 5 heteroatoms. The normalized spacial score (nSPS) is 17.2. The Morgan fingerprint density at radius 1 is 0.824 bits per heavy atom. The fourth-order valence-corrected chi connectivity index (χ4v) is 5.70. The van der Waals surface area contributed by atoms with Gasteiger partial charge in [0, 0.05) is 9.79 Å². The fraction of sp³-hybridized carbons (Fsp3) is 0. The molecule has 1 N–H and O–H groups in total. The molecule has 3 rings (SSSR count). The van der Waals surface area contributed by atoms with E-state index in [0.717, 1.165) is 0 Å². The van der Waals surface area contributed by atoms with Crippen LogP contribution in [0.1, 0.15) is 0 Å². The molecule has 86 valence electrons. The first-order valence-electron chi connectivity index (χ1n) is 5.01. The van der Waals surface area contributed by atoms with E-state index in [9.17, 15) is 8.42 Å². The quantitative estimate of drug-likeness (QED) is 0.678. The van der Waals surface area contributed by atoms with Gasteiger partial charge in [0.15, 0.2) is 0 Å². The zero-order valence-corrected chi connectivity index (χ0v) is 10.4. The summed E-state index contributed by atoms with van der Waals surface area (Å²) < 4.78 is 32.9. The van der Waals surface area contributed by atoms with Crippen LogP contribution in [-0.4, -0.2) is 8.42 Å². The Kier molecular flexibility index (Phi) is 2.21. The van der Waals surface area contributed by atoms with Crippen LogP contribution in [0.25, 0.3) is 0 Å². The molecule has 0 radical (unpaired) electrons. The molecule has 0 saturated heterocycles. The highest BCUT2D eigenvalue weighted by Crippen LogP contribution is 2.37. The van der Waals surface area contributed by atoms with Gasteiger partial charge in [-0.05, 0) is 35.0 Å². The van der Waals surface area contributed by atoms with E-state index in [1.807, 2.05) is 0 Å². The maximum Gasteiger partial charge on any atom is 0.208 e. The number of fused-ring (bicyclic) bond motifs is 2. The van der Waals surface area contributed by atoms with Gasteiger partial charge in [0.1, 0.15) is 0 Å². The summed E-state index contributed by atoms with van der Waals surface area (Å²) in [5.74, 6) is 0. The average molecular weight is 263 g/mol. The van der Waals surface area contributed by atoms with Crippen LogP contribution in [-0.2, 0) is 20.5 Å². The van der Waals surface area contributed by atoms with Crippen LogP contribution in [0.3, 0.4) is 0 Å². The monoisotopic (exact) mass is 263 g/mol. The molecule has 0 fully saturated rings. The molecule has 17 heavy (non-hydrogen) atoms. The van der Waals surface area contributed by atoms with Crippen LogP contribution in [0, 0.1) is 4.78 Å². The Morgan fingerprint density at radius 3 is 1.71 bits per heavy atom. The second kappa shape index (κ2) is 3.51. The Morgan fingerprint density at radius 2 is 1.24 bits per heavy atom. The number of sulfone groups is 1. The van der Waals surface area contributed by atoms with E-state index >= 15 is 0 Å². The second-order valence-corrected chi connectivity index (χ2v) is 7.08. The van der Waals surface area contributed by atoms with Gasteiger partial charge >= 0.3 is 0 Å². The average Bonchev–Trinajstić information content (AvgIpc) is 2.37. The van der Waals surface area contributed by atoms with Crippen LogP contribution in [0.5, 0.6) is 0 Å². The van der Waals surface area contributed by atoms with Gasteiger partial charge in [-0.3, -0.25) is 4.78 Å². The van der Waals surface area contributed by atoms with Crippen LogP contribution >= 0.6 is 0 Å². The van der Waals surface area contributed by atoms with Crippen molar-refractivity contribution < 1.29 is 8.42 Å². The SMILES string of the molecule is N=S1c2ccccc2S(=O)(=O)c2ccccc21. The lowest BCUT2D eigenvalue weighted by atomic mass is 10.3. The maximum atomic E-state index is 12.4. The van der Waals surface area contributed by atoms with Crippen molar-refractivity contribution in [2.75, 3.05) is 0 Å². The minimum Gasteiger partial charge on any atom is -0.271 e. The number of rotatable bonds is 0. The lowest BCUT2D eigenvalue weighted by Crippen LogP contribution is -2.14. The molecular formula is C12H9NO2S2. The van der Waals surface area contributed by atoms with Crippen LogP contribution in [0.2, 0.25) is 0 Å². The molecule has 1 aliphatic rings. The smallest absolute Gasteiger partial charge is 0.208 e. The lowest BCUT2D eigenvalue weighted by molar-refractivity contribution is 0.590. The summed E-state index contributed by atoms with van der Waals surface area (Å²) in [5, 5.41) is 0. The van der Waals surface area contributed by atoms with Gasteiger partial charge in [0.05, 0.1) is 9.79 Å². The standard InChI is InChI=1S/C12H9NO2S2/c13-16-9-5-1-3-7-11(9)17(14,15)12-8-4-2-6-10(12)16/h1-8,13H. The van der Waals surface area contributed by atoms with Crippen molar-refractivity contribution in [1.82, 2.24) is 0 Å². The van der Waals surface area contributed by atoms with Crippen LogP contribution < -0.4 is 0 Å². The molecule has 1 heterocycles. The molecule has 2 aromatic carbocycles. The Balaban J connectivity index is 2.47. The molecule has 0 saturated carbocycles. The third-order valence-corrected chi connectivity index (χ3v) is 6.44. The first-order chi connectivity index (χ1) is 8.12. The molecule has 2 aromatic rings. The van der Waals surface area contributed by atoms with Crippen molar-refractivity contribution in [2.24, 2.45) is 0 Å². The third kappa shape index (κ3) is 1.39. The molecule has 0 aliphatic carbocycles. The number of benzene rings is 2. The minimum atomic E-state index is -3.45. The molecule has 0 atom stereocenters. The van der Waals surface area contributed by atoms with Gasteiger partial charge < -0.3 is 0 Å². The van der Waals surface area contributed by atoms with Crippen molar-refractivity contribution in [3.8, 4) is 0 Å². The van der Waals surface area contributed by atoms with Gasteiger partial charge in [-0.25, -0.2) is 8.42 Å². The molecular weight excluding hydrogens is 254 g/mol. The van der Waals surface area contributed by atoms with Crippen molar-refractivity contribution in [3.05, 3.63) is 48.5 Å². The van der Waals surface area contributed by atoms with E-state index < -0.39 is 20.5 Å². The van der Waals surface area contributed by atoms with Gasteiger partial charge in [-0.2, -0.15) is 0 Å². The Labute approximate surface area is 102 Å². The van der Waals surface area contributed by atoms with Crippen molar-refractivity contribution in [3.63, 3.8) is 0 Å². The predicted octanol–water partition coefficient (Wildman–Crippen LogP) is 2.63. The summed E-state index contributed by atoms with van der Waals surface area (Å²) in [5.41, 5.74) is 0. The number of hydrogen-bond donors (Lipinski definition) is 1. The van der Waals surface area contributed by atoms with Gasteiger partial charge in [0.25, 0.3) is 0 Å². The zero-order chi connectivity index (χ0) is 12.0. The highest BCUT2D eigenvalue weighted by molar-refractivity contribution is 7.95. The van der Waals surface area contributed by atoms with E-state index in [1.54, 1.807) is 48.5 Å². The predicted molar refractivity (Wildman–Crippen MR) is 65.0 cm³/mol. The molecule has 0 spiro atoms. The summed E-state index contributed by atoms with van der Waals surface area (Å²) in [4.78, 5) is 1.73. The Bertz CT molecular complexity index is 680. The summed E-state index contributed by atoms with van der Waals surface area (Å²) in [6.45, 7) is 0. The van der Waals surface area contributed by atoms with E-state index in [0.29, 0.717) is 9.79 Å². The molecule has 0 unspecified atom stereocenters. The van der Waals surface area contributed by atoms with Crippen molar-refractivity contribution in [1.29, 1.82) is 4.78 Å². The van der Waals surface area contributed by atoms with Crippen molar-refractivity contribution in [2.45, 2.75) is 19.6 Å². The minimum absolute atomic E-state index is 0.275. The summed E-state index contributed by atoms with van der Waals surface area (Å²) in [7, 11) is -4.36. The Hall–Kier alpha value is -1.46. The largest absolute Gasteiger partial charge is 0.271 e. The van der Waals surface area contributed by atoms with E-state index in [1.165, 1.54) is 0 Å². The highest BCUT2D eigenvalue weighted by Gasteiger charge is 2.31. The molecule has 3 nitrogen and oxygen atoms in total. The van der Waals surface area contributed by atoms with Gasteiger partial charge in [0.2, 0.25) is 9.84 Å². The summed E-state index contributed by atoms with van der Waals surface area (Å²) in [6, 6.07) is 13.5. The first kappa shape index (κ1) is 10.7. The van der Waals surface area contributed by atoms with E-state index in [4.69, 9.17) is 4.78 Å². The summed E-state index contributed by atoms with van der Waals surface area (Å²) >= 11 is 0. The molecule has 1 aliphatic heterocycles. The third-order valence-electron chi connectivity index (χ3n) is 2.72. The van der Waals surface area contributed by atoms with Gasteiger partial charge in [-0.15, -0.1) is 0 Å². The maximum absolute atomic E-state index is 12.4. The molecule has 0 aromatic heterocycles. The first-order valence-corrected chi connectivity index (χ1v) is 7.72.